The summed E-state index contributed by atoms with van der Waals surface area (Å²) < 4.78 is 1.04. The van der Waals surface area contributed by atoms with Gasteiger partial charge in [-0.25, -0.2) is 4.98 Å². The zero-order valence-corrected chi connectivity index (χ0v) is 12.1. The van der Waals surface area contributed by atoms with Crippen LogP contribution in [0.4, 0.5) is 5.82 Å². The van der Waals surface area contributed by atoms with Gasteiger partial charge in [-0.3, -0.25) is 4.98 Å². The number of hydrogen-bond donors (Lipinski definition) is 1. The molecule has 4 nitrogen and oxygen atoms in total. The van der Waals surface area contributed by atoms with Gasteiger partial charge < -0.3 is 10.2 Å². The van der Waals surface area contributed by atoms with Crippen molar-refractivity contribution in [2.24, 2.45) is 0 Å². The normalized spacial score (nSPS) is 15.5. The molecule has 1 saturated heterocycles. The largest absolute Gasteiger partial charge is 0.353 e. The molecule has 1 aliphatic heterocycles. The van der Waals surface area contributed by atoms with E-state index in [1.807, 2.05) is 30.6 Å². The molecule has 0 unspecified atom stereocenters. The number of nitrogens with zero attached hydrogens (tertiary/aromatic N) is 3. The molecule has 98 valence electrons. The van der Waals surface area contributed by atoms with E-state index in [9.17, 15) is 0 Å². The van der Waals surface area contributed by atoms with E-state index in [0.717, 1.165) is 47.7 Å². The Labute approximate surface area is 121 Å². The van der Waals surface area contributed by atoms with Crippen LogP contribution in [-0.4, -0.2) is 36.1 Å². The van der Waals surface area contributed by atoms with Crippen LogP contribution in [0.1, 0.15) is 0 Å². The maximum Gasteiger partial charge on any atom is 0.147 e. The van der Waals surface area contributed by atoms with Crippen LogP contribution in [0.5, 0.6) is 0 Å². The molecule has 1 N–H and O–H groups in total. The van der Waals surface area contributed by atoms with Crippen LogP contribution in [0.2, 0.25) is 0 Å². The number of piperazine rings is 1. The van der Waals surface area contributed by atoms with Crippen molar-refractivity contribution in [1.82, 2.24) is 15.3 Å². The zero-order valence-electron chi connectivity index (χ0n) is 10.5. The first-order chi connectivity index (χ1) is 9.34. The Morgan fingerprint density at radius 2 is 1.89 bits per heavy atom. The van der Waals surface area contributed by atoms with Gasteiger partial charge in [0.1, 0.15) is 5.82 Å². The molecule has 0 bridgehead atoms. The van der Waals surface area contributed by atoms with E-state index in [4.69, 9.17) is 4.98 Å². The minimum absolute atomic E-state index is 0.906. The fraction of sp³-hybridized carbons (Fsp3) is 0.286. The van der Waals surface area contributed by atoms with Crippen molar-refractivity contribution in [3.8, 4) is 11.3 Å². The molecule has 0 spiro atoms. The molecule has 2 aromatic rings. The standard InChI is InChI=1S/C14H15BrN4/c15-12-4-2-1-3-11(12)13-9-17-10-14(18-13)19-7-5-16-6-8-19/h1-4,9-10,16H,5-8H2. The van der Waals surface area contributed by atoms with Crippen molar-refractivity contribution in [2.45, 2.75) is 0 Å². The van der Waals surface area contributed by atoms with E-state index < -0.39 is 0 Å². The van der Waals surface area contributed by atoms with Gasteiger partial charge >= 0.3 is 0 Å². The van der Waals surface area contributed by atoms with Gasteiger partial charge in [0.05, 0.1) is 18.1 Å². The van der Waals surface area contributed by atoms with Gasteiger partial charge in [-0.15, -0.1) is 0 Å². The number of hydrogen-bond acceptors (Lipinski definition) is 4. The van der Waals surface area contributed by atoms with Crippen LogP contribution in [-0.2, 0) is 0 Å². The monoisotopic (exact) mass is 318 g/mol. The smallest absolute Gasteiger partial charge is 0.147 e. The zero-order chi connectivity index (χ0) is 13.1. The van der Waals surface area contributed by atoms with Crippen molar-refractivity contribution in [3.63, 3.8) is 0 Å². The van der Waals surface area contributed by atoms with Crippen LogP contribution in [0.15, 0.2) is 41.1 Å². The van der Waals surface area contributed by atoms with Gasteiger partial charge in [-0.05, 0) is 6.07 Å². The van der Waals surface area contributed by atoms with Crippen molar-refractivity contribution in [1.29, 1.82) is 0 Å². The molecule has 0 aliphatic carbocycles. The number of benzene rings is 1. The number of anilines is 1. The molecule has 1 aliphatic rings. The molecule has 0 radical (unpaired) electrons. The minimum atomic E-state index is 0.906. The van der Waals surface area contributed by atoms with Gasteiger partial charge in [0.25, 0.3) is 0 Å². The summed E-state index contributed by atoms with van der Waals surface area (Å²) in [6.45, 7) is 3.96. The maximum atomic E-state index is 4.73. The van der Waals surface area contributed by atoms with Crippen molar-refractivity contribution in [2.75, 3.05) is 31.1 Å². The van der Waals surface area contributed by atoms with E-state index in [0.29, 0.717) is 0 Å². The Hall–Kier alpha value is -1.46. The number of aromatic nitrogens is 2. The molecular formula is C14H15BrN4. The highest BCUT2D eigenvalue weighted by Gasteiger charge is 2.13. The average Bonchev–Trinajstić information content (AvgIpc) is 2.49. The predicted octanol–water partition coefficient (Wildman–Crippen LogP) is 2.32. The highest BCUT2D eigenvalue weighted by molar-refractivity contribution is 9.10. The third-order valence-corrected chi connectivity index (χ3v) is 3.90. The molecule has 0 atom stereocenters. The highest BCUT2D eigenvalue weighted by atomic mass is 79.9. The Morgan fingerprint density at radius 3 is 2.68 bits per heavy atom. The Balaban J connectivity index is 1.93. The first kappa shape index (κ1) is 12.6. The second kappa shape index (κ2) is 5.67. The molecule has 1 fully saturated rings. The van der Waals surface area contributed by atoms with Gasteiger partial charge in [-0.1, -0.05) is 34.1 Å². The Bertz CT molecular complexity index is 567. The molecule has 3 rings (SSSR count). The van der Waals surface area contributed by atoms with Gasteiger partial charge in [-0.2, -0.15) is 0 Å². The number of nitrogens with one attached hydrogen (secondary N) is 1. The van der Waals surface area contributed by atoms with Gasteiger partial charge in [0.2, 0.25) is 0 Å². The van der Waals surface area contributed by atoms with E-state index in [2.05, 4.69) is 37.2 Å². The Morgan fingerprint density at radius 1 is 1.11 bits per heavy atom. The lowest BCUT2D eigenvalue weighted by Gasteiger charge is -2.28. The van der Waals surface area contributed by atoms with E-state index in [1.165, 1.54) is 0 Å². The summed E-state index contributed by atoms with van der Waals surface area (Å²) in [7, 11) is 0. The van der Waals surface area contributed by atoms with Crippen LogP contribution < -0.4 is 10.2 Å². The third-order valence-electron chi connectivity index (χ3n) is 3.21. The second-order valence-electron chi connectivity index (χ2n) is 4.48. The average molecular weight is 319 g/mol. The molecule has 1 aromatic carbocycles. The fourth-order valence-corrected chi connectivity index (χ4v) is 2.69. The first-order valence-electron chi connectivity index (χ1n) is 6.37. The lowest BCUT2D eigenvalue weighted by Crippen LogP contribution is -2.43. The van der Waals surface area contributed by atoms with Crippen LogP contribution in [0.3, 0.4) is 0 Å². The van der Waals surface area contributed by atoms with Crippen molar-refractivity contribution < 1.29 is 0 Å². The van der Waals surface area contributed by atoms with Crippen LogP contribution in [0.25, 0.3) is 11.3 Å². The van der Waals surface area contributed by atoms with Crippen LogP contribution in [0, 0.1) is 0 Å². The Kier molecular flexibility index (Phi) is 3.75. The third kappa shape index (κ3) is 2.77. The summed E-state index contributed by atoms with van der Waals surface area (Å²) in [6.07, 6.45) is 3.65. The van der Waals surface area contributed by atoms with Crippen molar-refractivity contribution in [3.05, 3.63) is 41.1 Å². The predicted molar refractivity (Wildman–Crippen MR) is 80.3 cm³/mol. The summed E-state index contributed by atoms with van der Waals surface area (Å²) in [4.78, 5) is 11.3. The number of rotatable bonds is 2. The molecule has 1 aromatic heterocycles. The molecule has 2 heterocycles. The van der Waals surface area contributed by atoms with E-state index in [-0.39, 0.29) is 0 Å². The number of halogens is 1. The molecule has 0 saturated carbocycles. The molecule has 5 heteroatoms. The summed E-state index contributed by atoms with van der Waals surface area (Å²) >= 11 is 3.56. The quantitative estimate of drug-likeness (QED) is 0.922. The van der Waals surface area contributed by atoms with Crippen molar-refractivity contribution >= 4 is 21.7 Å². The lowest BCUT2D eigenvalue weighted by atomic mass is 10.2. The summed E-state index contributed by atoms with van der Waals surface area (Å²) in [5.74, 6) is 0.953. The van der Waals surface area contributed by atoms with Crippen LogP contribution >= 0.6 is 15.9 Å². The van der Waals surface area contributed by atoms with E-state index >= 15 is 0 Å². The molecule has 0 amide bonds. The fourth-order valence-electron chi connectivity index (χ4n) is 2.20. The highest BCUT2D eigenvalue weighted by Crippen LogP contribution is 2.27. The topological polar surface area (TPSA) is 41.1 Å². The molecular weight excluding hydrogens is 304 g/mol. The molecule has 19 heavy (non-hydrogen) atoms. The summed E-state index contributed by atoms with van der Waals surface area (Å²) in [5.41, 5.74) is 1.98. The SMILES string of the molecule is Brc1ccccc1-c1cncc(N2CCNCC2)n1. The van der Waals surface area contributed by atoms with E-state index in [1.54, 1.807) is 0 Å². The van der Waals surface area contributed by atoms with Gasteiger partial charge in [0, 0.05) is 36.2 Å². The lowest BCUT2D eigenvalue weighted by molar-refractivity contribution is 0.584. The first-order valence-corrected chi connectivity index (χ1v) is 7.16. The summed E-state index contributed by atoms with van der Waals surface area (Å²) in [5, 5.41) is 3.34. The maximum absolute atomic E-state index is 4.73. The van der Waals surface area contributed by atoms with Gasteiger partial charge in [0.15, 0.2) is 0 Å². The second-order valence-corrected chi connectivity index (χ2v) is 5.33. The minimum Gasteiger partial charge on any atom is -0.353 e. The summed E-state index contributed by atoms with van der Waals surface area (Å²) in [6, 6.07) is 8.09.